The van der Waals surface area contributed by atoms with Gasteiger partial charge in [-0.2, -0.15) is 0 Å². The van der Waals surface area contributed by atoms with Gasteiger partial charge in [0.05, 0.1) is 30.0 Å². The van der Waals surface area contributed by atoms with E-state index in [4.69, 9.17) is 14.2 Å². The Balaban J connectivity index is 1.13. The van der Waals surface area contributed by atoms with Crippen molar-refractivity contribution < 1.29 is 28.9 Å². The number of carbonyl (C=O) groups excluding carboxylic acids is 2. The fourth-order valence-corrected chi connectivity index (χ4v) is 4.84. The summed E-state index contributed by atoms with van der Waals surface area (Å²) in [5.41, 5.74) is 0.881. The number of likely N-dealkylation sites (tertiary alicyclic amines) is 1. The predicted octanol–water partition coefficient (Wildman–Crippen LogP) is 2.00. The van der Waals surface area contributed by atoms with Crippen LogP contribution in [0.25, 0.3) is 0 Å². The number of hydrogen-bond donors (Lipinski definition) is 2. The number of carbonyl (C=O) groups is 2. The highest BCUT2D eigenvalue weighted by Gasteiger charge is 2.43. The average Bonchev–Trinajstić information content (AvgIpc) is 3.24. The Morgan fingerprint density at radius 1 is 1.18 bits per heavy atom. The third-order valence-electron chi connectivity index (χ3n) is 6.67. The highest BCUT2D eigenvalue weighted by atomic mass is 16.6. The number of para-hydroxylation sites is 1. The van der Waals surface area contributed by atoms with E-state index in [1.807, 2.05) is 0 Å². The van der Waals surface area contributed by atoms with Crippen LogP contribution >= 0.6 is 0 Å². The standard InChI is InChI=1S/C24H27N3O6/c28-17-10-16(12-25-13-17)23(30)27-6-4-24(5-7-27)11-18(33-15-24)14-26-22(29)19-2-1-3-20-21(19)32-9-8-31-20/h1-3,10,12-13,18,28H,4-9,11,14-15H2,(H,26,29). The Hall–Kier alpha value is -3.33. The van der Waals surface area contributed by atoms with E-state index >= 15 is 0 Å². The lowest BCUT2D eigenvalue weighted by Gasteiger charge is -2.38. The van der Waals surface area contributed by atoms with Crippen LogP contribution in [0.15, 0.2) is 36.7 Å². The fraction of sp³-hybridized carbons (Fsp3) is 0.458. The molecule has 0 saturated carbocycles. The van der Waals surface area contributed by atoms with Crippen LogP contribution in [0, 0.1) is 5.41 Å². The lowest BCUT2D eigenvalue weighted by atomic mass is 9.76. The highest BCUT2D eigenvalue weighted by Crippen LogP contribution is 2.42. The number of aromatic hydroxyl groups is 1. The Kier molecular flexibility index (Phi) is 5.80. The number of nitrogens with zero attached hydrogens (tertiary/aromatic N) is 2. The van der Waals surface area contributed by atoms with E-state index in [-0.39, 0.29) is 29.1 Å². The summed E-state index contributed by atoms with van der Waals surface area (Å²) in [6, 6.07) is 6.75. The molecule has 2 aromatic rings. The van der Waals surface area contributed by atoms with Crippen molar-refractivity contribution >= 4 is 11.8 Å². The molecule has 0 aliphatic carbocycles. The van der Waals surface area contributed by atoms with Crippen molar-refractivity contribution in [2.24, 2.45) is 5.41 Å². The van der Waals surface area contributed by atoms with Gasteiger partial charge in [-0.1, -0.05) is 6.07 Å². The van der Waals surface area contributed by atoms with E-state index in [2.05, 4.69) is 10.3 Å². The predicted molar refractivity (Wildman–Crippen MR) is 118 cm³/mol. The number of fused-ring (bicyclic) bond motifs is 1. The topological polar surface area (TPSA) is 110 Å². The number of nitrogens with one attached hydrogen (secondary N) is 1. The maximum absolute atomic E-state index is 12.7. The van der Waals surface area contributed by atoms with E-state index in [0.717, 1.165) is 19.3 Å². The van der Waals surface area contributed by atoms with Crippen LogP contribution in [0.4, 0.5) is 0 Å². The van der Waals surface area contributed by atoms with E-state index in [0.29, 0.717) is 62.1 Å². The molecule has 1 aromatic carbocycles. The van der Waals surface area contributed by atoms with Gasteiger partial charge in [-0.05, 0) is 42.9 Å². The highest BCUT2D eigenvalue weighted by molar-refractivity contribution is 5.98. The molecule has 2 fully saturated rings. The zero-order valence-corrected chi connectivity index (χ0v) is 18.3. The van der Waals surface area contributed by atoms with Crippen LogP contribution in [0.1, 0.15) is 40.0 Å². The van der Waals surface area contributed by atoms with Gasteiger partial charge in [-0.3, -0.25) is 14.6 Å². The normalized spacial score (nSPS) is 21.1. The van der Waals surface area contributed by atoms with E-state index in [1.54, 1.807) is 23.1 Å². The molecule has 2 amide bonds. The van der Waals surface area contributed by atoms with Crippen LogP contribution in [0.3, 0.4) is 0 Å². The van der Waals surface area contributed by atoms with Crippen molar-refractivity contribution in [3.8, 4) is 17.2 Å². The quantitative estimate of drug-likeness (QED) is 0.729. The van der Waals surface area contributed by atoms with Crippen molar-refractivity contribution in [3.05, 3.63) is 47.8 Å². The molecule has 3 aliphatic rings. The number of aromatic nitrogens is 1. The van der Waals surface area contributed by atoms with Gasteiger partial charge in [0.2, 0.25) is 0 Å². The molecule has 1 spiro atoms. The zero-order valence-electron chi connectivity index (χ0n) is 18.3. The second-order valence-corrected chi connectivity index (χ2v) is 8.90. The van der Waals surface area contributed by atoms with Crippen molar-refractivity contribution in [2.45, 2.75) is 25.4 Å². The molecule has 1 atom stereocenters. The second kappa shape index (κ2) is 8.90. The van der Waals surface area contributed by atoms with Crippen LogP contribution < -0.4 is 14.8 Å². The molecule has 3 aliphatic heterocycles. The summed E-state index contributed by atoms with van der Waals surface area (Å²) in [5.74, 6) is 0.741. The summed E-state index contributed by atoms with van der Waals surface area (Å²) >= 11 is 0. The van der Waals surface area contributed by atoms with Crippen molar-refractivity contribution in [1.29, 1.82) is 0 Å². The molecule has 9 nitrogen and oxygen atoms in total. The van der Waals surface area contributed by atoms with Gasteiger partial charge < -0.3 is 29.5 Å². The lowest BCUT2D eigenvalue weighted by molar-refractivity contribution is 0.0494. The minimum Gasteiger partial charge on any atom is -0.506 e. The van der Waals surface area contributed by atoms with Crippen molar-refractivity contribution in [1.82, 2.24) is 15.2 Å². The summed E-state index contributed by atoms with van der Waals surface area (Å²) < 4.78 is 17.2. The third-order valence-corrected chi connectivity index (χ3v) is 6.67. The van der Waals surface area contributed by atoms with Gasteiger partial charge >= 0.3 is 0 Å². The summed E-state index contributed by atoms with van der Waals surface area (Å²) in [6.07, 6.45) is 5.24. The second-order valence-electron chi connectivity index (χ2n) is 8.90. The molecule has 33 heavy (non-hydrogen) atoms. The molecule has 1 unspecified atom stereocenters. The molecule has 4 heterocycles. The number of ether oxygens (including phenoxy) is 3. The Labute approximate surface area is 191 Å². The molecule has 2 N–H and O–H groups in total. The number of hydrogen-bond acceptors (Lipinski definition) is 7. The average molecular weight is 453 g/mol. The number of benzene rings is 1. The summed E-state index contributed by atoms with van der Waals surface area (Å²) in [7, 11) is 0. The molecule has 1 aromatic heterocycles. The molecule has 2 saturated heterocycles. The molecular weight excluding hydrogens is 426 g/mol. The third kappa shape index (κ3) is 4.45. The molecule has 174 valence electrons. The first kappa shape index (κ1) is 21.5. The van der Waals surface area contributed by atoms with Crippen LogP contribution in [-0.2, 0) is 4.74 Å². The maximum atomic E-state index is 12.7. The van der Waals surface area contributed by atoms with Gasteiger partial charge in [0, 0.05) is 25.8 Å². The summed E-state index contributed by atoms with van der Waals surface area (Å²) in [5, 5.41) is 12.6. The molecule has 0 radical (unpaired) electrons. The Bertz CT molecular complexity index is 1050. The number of pyridine rings is 1. The minimum absolute atomic E-state index is 0.0153. The zero-order chi connectivity index (χ0) is 22.8. The van der Waals surface area contributed by atoms with Gasteiger partial charge in [0.1, 0.15) is 19.0 Å². The van der Waals surface area contributed by atoms with Gasteiger partial charge in [0.25, 0.3) is 11.8 Å². The van der Waals surface area contributed by atoms with E-state index in [9.17, 15) is 14.7 Å². The number of rotatable bonds is 4. The minimum atomic E-state index is -0.206. The van der Waals surface area contributed by atoms with E-state index in [1.165, 1.54) is 18.5 Å². The van der Waals surface area contributed by atoms with Crippen LogP contribution in [0.5, 0.6) is 17.2 Å². The van der Waals surface area contributed by atoms with Crippen molar-refractivity contribution in [2.75, 3.05) is 39.5 Å². The summed E-state index contributed by atoms with van der Waals surface area (Å²) in [4.78, 5) is 31.2. The molecule has 0 bridgehead atoms. The number of amides is 2. The smallest absolute Gasteiger partial charge is 0.255 e. The summed E-state index contributed by atoms with van der Waals surface area (Å²) in [6.45, 7) is 3.20. The fourth-order valence-electron chi connectivity index (χ4n) is 4.84. The lowest BCUT2D eigenvalue weighted by Crippen LogP contribution is -2.43. The monoisotopic (exact) mass is 453 g/mol. The van der Waals surface area contributed by atoms with Gasteiger partial charge in [-0.25, -0.2) is 0 Å². The number of piperidine rings is 1. The van der Waals surface area contributed by atoms with Crippen LogP contribution in [0.2, 0.25) is 0 Å². The largest absolute Gasteiger partial charge is 0.506 e. The Morgan fingerprint density at radius 3 is 2.82 bits per heavy atom. The molecule has 5 rings (SSSR count). The van der Waals surface area contributed by atoms with Gasteiger partial charge in [-0.15, -0.1) is 0 Å². The first-order valence-electron chi connectivity index (χ1n) is 11.2. The van der Waals surface area contributed by atoms with Crippen molar-refractivity contribution in [3.63, 3.8) is 0 Å². The van der Waals surface area contributed by atoms with Gasteiger partial charge in [0.15, 0.2) is 11.5 Å². The van der Waals surface area contributed by atoms with E-state index < -0.39 is 0 Å². The SMILES string of the molecule is O=C(NCC1CC2(CCN(C(=O)c3cncc(O)c3)CC2)CO1)c1cccc2c1OCCO2. The first-order valence-corrected chi connectivity index (χ1v) is 11.2. The molecular formula is C24H27N3O6. The maximum Gasteiger partial charge on any atom is 0.255 e. The first-order chi connectivity index (χ1) is 16.0. The molecule has 9 heteroatoms. The Morgan fingerprint density at radius 2 is 2.00 bits per heavy atom. The van der Waals surface area contributed by atoms with Crippen LogP contribution in [-0.4, -0.2) is 72.4 Å².